The zero-order valence-corrected chi connectivity index (χ0v) is 17.6. The normalized spacial score (nSPS) is 16.4. The number of guanidine groups is 1. The molecule has 7 nitrogen and oxygen atoms in total. The zero-order chi connectivity index (χ0) is 21.3. The lowest BCUT2D eigenvalue weighted by Crippen LogP contribution is -2.45. The van der Waals surface area contributed by atoms with E-state index in [2.05, 4.69) is 25.9 Å². The molecule has 1 aliphatic rings. The highest BCUT2D eigenvalue weighted by atomic mass is 35.5. The second kappa shape index (κ2) is 10.8. The molecule has 0 radical (unpaired) electrons. The van der Waals surface area contributed by atoms with E-state index in [9.17, 15) is 9.18 Å². The van der Waals surface area contributed by atoms with Crippen molar-refractivity contribution in [3.63, 3.8) is 0 Å². The maximum absolute atomic E-state index is 14.0. The van der Waals surface area contributed by atoms with E-state index in [0.29, 0.717) is 48.5 Å². The highest BCUT2D eigenvalue weighted by molar-refractivity contribution is 6.30. The van der Waals surface area contributed by atoms with E-state index in [1.807, 2.05) is 11.8 Å². The van der Waals surface area contributed by atoms with Gasteiger partial charge in [0.25, 0.3) is 5.91 Å². The predicted octanol–water partition coefficient (Wildman–Crippen LogP) is 2.44. The van der Waals surface area contributed by atoms with Crippen LogP contribution in [0.5, 0.6) is 0 Å². The van der Waals surface area contributed by atoms with Gasteiger partial charge in [-0.1, -0.05) is 11.6 Å². The van der Waals surface area contributed by atoms with Crippen LogP contribution in [0, 0.1) is 5.82 Å². The van der Waals surface area contributed by atoms with Gasteiger partial charge in [0.1, 0.15) is 0 Å². The fraction of sp³-hybridized carbons (Fsp3) is 0.381. The van der Waals surface area contributed by atoms with Gasteiger partial charge in [-0.25, -0.2) is 9.37 Å². The van der Waals surface area contributed by atoms with E-state index in [4.69, 9.17) is 11.6 Å². The Kier molecular flexibility index (Phi) is 7.84. The quantitative estimate of drug-likeness (QED) is 0.355. The molecule has 2 heterocycles. The molecule has 1 unspecified atom stereocenters. The van der Waals surface area contributed by atoms with E-state index in [1.165, 1.54) is 6.07 Å². The minimum Gasteiger partial charge on any atom is -0.357 e. The van der Waals surface area contributed by atoms with E-state index < -0.39 is 0 Å². The van der Waals surface area contributed by atoms with Gasteiger partial charge < -0.3 is 20.9 Å². The Morgan fingerprint density at radius 3 is 2.83 bits per heavy atom. The molecule has 1 aromatic carbocycles. The fourth-order valence-corrected chi connectivity index (χ4v) is 3.36. The number of aromatic nitrogens is 1. The number of carbonyl (C=O) groups excluding carboxylic acids is 1. The average molecular weight is 433 g/mol. The first-order valence-electron chi connectivity index (χ1n) is 10.0. The van der Waals surface area contributed by atoms with Crippen molar-refractivity contribution in [3.05, 3.63) is 59.0 Å². The van der Waals surface area contributed by atoms with Crippen molar-refractivity contribution in [1.82, 2.24) is 20.9 Å². The standard InChI is InChI=1S/C21H26ClFN6O/c1-2-24-21(27-12-11-26-20(30)15-5-7-16(22)8-6-15)28-17-9-13-29(14-17)19-18(23)4-3-10-25-19/h3-8,10,17H,2,9,11-14H2,1H3,(H,26,30)(H2,24,27,28). The maximum Gasteiger partial charge on any atom is 0.251 e. The van der Waals surface area contributed by atoms with Gasteiger partial charge in [-0.05, 0) is 49.7 Å². The number of anilines is 1. The molecule has 3 N–H and O–H groups in total. The van der Waals surface area contributed by atoms with Gasteiger partial charge in [0.15, 0.2) is 17.6 Å². The van der Waals surface area contributed by atoms with Gasteiger partial charge in [-0.3, -0.25) is 9.79 Å². The summed E-state index contributed by atoms with van der Waals surface area (Å²) in [7, 11) is 0. The first-order chi connectivity index (χ1) is 14.6. The number of hydrogen-bond donors (Lipinski definition) is 3. The molecule has 1 amide bonds. The third-order valence-electron chi connectivity index (χ3n) is 4.69. The van der Waals surface area contributed by atoms with Gasteiger partial charge in [-0.15, -0.1) is 0 Å². The second-order valence-corrected chi connectivity index (χ2v) is 7.34. The molecular formula is C21H26ClFN6O. The van der Waals surface area contributed by atoms with Crippen LogP contribution >= 0.6 is 11.6 Å². The molecule has 0 saturated carbocycles. The van der Waals surface area contributed by atoms with Gasteiger partial charge in [-0.2, -0.15) is 0 Å². The van der Waals surface area contributed by atoms with Crippen LogP contribution in [0.4, 0.5) is 10.2 Å². The summed E-state index contributed by atoms with van der Waals surface area (Å²) < 4.78 is 14.0. The summed E-state index contributed by atoms with van der Waals surface area (Å²) in [5.41, 5.74) is 0.557. The average Bonchev–Trinajstić information content (AvgIpc) is 3.20. The first-order valence-corrected chi connectivity index (χ1v) is 10.4. The van der Waals surface area contributed by atoms with Crippen LogP contribution in [0.1, 0.15) is 23.7 Å². The minimum atomic E-state index is -0.310. The number of nitrogens with one attached hydrogen (secondary N) is 3. The summed E-state index contributed by atoms with van der Waals surface area (Å²) >= 11 is 5.84. The van der Waals surface area contributed by atoms with E-state index in [0.717, 1.165) is 13.0 Å². The number of aliphatic imine (C=N–C) groups is 1. The lowest BCUT2D eigenvalue weighted by Gasteiger charge is -2.20. The summed E-state index contributed by atoms with van der Waals surface area (Å²) in [6.45, 7) is 4.92. The van der Waals surface area contributed by atoms with Crippen molar-refractivity contribution in [2.24, 2.45) is 4.99 Å². The van der Waals surface area contributed by atoms with Crippen LogP contribution in [0.15, 0.2) is 47.6 Å². The predicted molar refractivity (Wildman–Crippen MR) is 118 cm³/mol. The van der Waals surface area contributed by atoms with Crippen LogP contribution < -0.4 is 20.9 Å². The number of hydrogen-bond acceptors (Lipinski definition) is 4. The molecule has 30 heavy (non-hydrogen) atoms. The largest absolute Gasteiger partial charge is 0.357 e. The Bertz CT molecular complexity index is 876. The van der Waals surface area contributed by atoms with Crippen LogP contribution in [-0.4, -0.2) is 55.6 Å². The van der Waals surface area contributed by atoms with Crippen LogP contribution in [0.25, 0.3) is 0 Å². The third kappa shape index (κ3) is 6.06. The number of benzene rings is 1. The van der Waals surface area contributed by atoms with Crippen molar-refractivity contribution in [1.29, 1.82) is 0 Å². The van der Waals surface area contributed by atoms with E-state index in [1.54, 1.807) is 36.5 Å². The van der Waals surface area contributed by atoms with Crippen LogP contribution in [0.3, 0.4) is 0 Å². The topological polar surface area (TPSA) is 81.6 Å². The Balaban J connectivity index is 1.48. The van der Waals surface area contributed by atoms with Gasteiger partial charge in [0.2, 0.25) is 0 Å². The summed E-state index contributed by atoms with van der Waals surface area (Å²) in [6, 6.07) is 9.88. The summed E-state index contributed by atoms with van der Waals surface area (Å²) in [6.07, 6.45) is 2.46. The highest BCUT2D eigenvalue weighted by Gasteiger charge is 2.25. The minimum absolute atomic E-state index is 0.132. The SMILES string of the molecule is CCNC(=NCCNC(=O)c1ccc(Cl)cc1)NC1CCN(c2ncccc2F)C1. The number of carbonyl (C=O) groups is 1. The molecule has 1 fully saturated rings. The van der Waals surface area contributed by atoms with Crippen molar-refractivity contribution in [3.8, 4) is 0 Å². The summed E-state index contributed by atoms with van der Waals surface area (Å²) in [5.74, 6) is 0.582. The molecule has 1 aliphatic heterocycles. The Morgan fingerprint density at radius 2 is 2.10 bits per heavy atom. The lowest BCUT2D eigenvalue weighted by molar-refractivity contribution is 0.0955. The van der Waals surface area contributed by atoms with Crippen molar-refractivity contribution in [2.45, 2.75) is 19.4 Å². The molecule has 1 saturated heterocycles. The monoisotopic (exact) mass is 432 g/mol. The molecule has 0 spiro atoms. The summed E-state index contributed by atoms with van der Waals surface area (Å²) in [4.78, 5) is 22.7. The third-order valence-corrected chi connectivity index (χ3v) is 4.94. The summed E-state index contributed by atoms with van der Waals surface area (Å²) in [5, 5.41) is 10.0. The molecule has 9 heteroatoms. The Morgan fingerprint density at radius 1 is 1.30 bits per heavy atom. The maximum atomic E-state index is 14.0. The zero-order valence-electron chi connectivity index (χ0n) is 16.9. The molecule has 0 aliphatic carbocycles. The van der Waals surface area contributed by atoms with Crippen molar-refractivity contribution in [2.75, 3.05) is 37.6 Å². The molecule has 1 aromatic heterocycles. The Hall–Kier alpha value is -2.87. The molecular weight excluding hydrogens is 407 g/mol. The lowest BCUT2D eigenvalue weighted by atomic mass is 10.2. The molecule has 160 valence electrons. The van der Waals surface area contributed by atoms with E-state index in [-0.39, 0.29) is 17.8 Å². The van der Waals surface area contributed by atoms with Crippen molar-refractivity contribution < 1.29 is 9.18 Å². The number of rotatable bonds is 7. The van der Waals surface area contributed by atoms with Crippen LogP contribution in [0.2, 0.25) is 5.02 Å². The highest BCUT2D eigenvalue weighted by Crippen LogP contribution is 2.20. The molecule has 3 rings (SSSR count). The van der Waals surface area contributed by atoms with E-state index >= 15 is 0 Å². The molecule has 2 aromatic rings. The fourth-order valence-electron chi connectivity index (χ4n) is 3.23. The van der Waals surface area contributed by atoms with Crippen LogP contribution in [-0.2, 0) is 0 Å². The Labute approximate surface area is 180 Å². The number of halogens is 2. The molecule has 0 bridgehead atoms. The van der Waals surface area contributed by atoms with Gasteiger partial charge in [0.05, 0.1) is 6.54 Å². The number of pyridine rings is 1. The van der Waals surface area contributed by atoms with Gasteiger partial charge in [0, 0.05) is 49.0 Å². The number of amides is 1. The van der Waals surface area contributed by atoms with Crippen molar-refractivity contribution >= 4 is 29.3 Å². The molecule has 1 atom stereocenters. The van der Waals surface area contributed by atoms with Gasteiger partial charge >= 0.3 is 0 Å². The second-order valence-electron chi connectivity index (χ2n) is 6.91. The smallest absolute Gasteiger partial charge is 0.251 e. The number of nitrogens with zero attached hydrogens (tertiary/aromatic N) is 3. The first kappa shape index (κ1) is 21.8.